The highest BCUT2D eigenvalue weighted by molar-refractivity contribution is 5.05. The van der Waals surface area contributed by atoms with Crippen molar-refractivity contribution in [3.8, 4) is 0 Å². The molecule has 1 aromatic rings. The Morgan fingerprint density at radius 3 is 2.76 bits per heavy atom. The molecule has 2 aliphatic rings. The van der Waals surface area contributed by atoms with E-state index in [2.05, 4.69) is 27.0 Å². The van der Waals surface area contributed by atoms with Crippen LogP contribution in [0.2, 0.25) is 0 Å². The van der Waals surface area contributed by atoms with E-state index in [9.17, 15) is 0 Å². The van der Waals surface area contributed by atoms with Gasteiger partial charge in [-0.15, -0.1) is 10.2 Å². The maximum atomic E-state index is 4.40. The summed E-state index contributed by atoms with van der Waals surface area (Å²) >= 11 is 0. The number of hydrogen-bond donors (Lipinski definition) is 1. The zero-order valence-electron chi connectivity index (χ0n) is 10.6. The van der Waals surface area contributed by atoms with Crippen molar-refractivity contribution in [1.82, 2.24) is 20.1 Å². The van der Waals surface area contributed by atoms with Crippen LogP contribution in [0.15, 0.2) is 6.33 Å². The summed E-state index contributed by atoms with van der Waals surface area (Å²) in [5.74, 6) is 2.45. The standard InChI is InChI=1S/C13H22N4/c1-10-7-14-8-12(10)13-16-15-9-17(13)11-5-3-2-4-6-11/h9-12,14H,2-8H2,1H3. The van der Waals surface area contributed by atoms with E-state index in [0.29, 0.717) is 17.9 Å². The van der Waals surface area contributed by atoms with Crippen LogP contribution in [0.5, 0.6) is 0 Å². The number of aromatic nitrogens is 3. The van der Waals surface area contributed by atoms with E-state index in [1.54, 1.807) is 0 Å². The van der Waals surface area contributed by atoms with Gasteiger partial charge in [0.1, 0.15) is 12.2 Å². The van der Waals surface area contributed by atoms with Crippen LogP contribution >= 0.6 is 0 Å². The fourth-order valence-corrected chi connectivity index (χ4v) is 3.31. The Balaban J connectivity index is 1.82. The monoisotopic (exact) mass is 234 g/mol. The summed E-state index contributed by atoms with van der Waals surface area (Å²) < 4.78 is 2.37. The second-order valence-corrected chi connectivity index (χ2v) is 5.63. The minimum Gasteiger partial charge on any atom is -0.316 e. The highest BCUT2D eigenvalue weighted by Gasteiger charge is 2.30. The first-order valence-corrected chi connectivity index (χ1v) is 6.96. The molecule has 2 fully saturated rings. The predicted molar refractivity (Wildman–Crippen MR) is 66.9 cm³/mol. The highest BCUT2D eigenvalue weighted by atomic mass is 15.3. The van der Waals surface area contributed by atoms with Crippen molar-refractivity contribution in [1.29, 1.82) is 0 Å². The molecule has 1 N–H and O–H groups in total. The van der Waals surface area contributed by atoms with E-state index in [0.717, 1.165) is 13.1 Å². The molecular formula is C13H22N4. The fraction of sp³-hybridized carbons (Fsp3) is 0.846. The Labute approximate surface area is 103 Å². The van der Waals surface area contributed by atoms with Crippen LogP contribution in [0, 0.1) is 5.92 Å². The van der Waals surface area contributed by atoms with Crippen LogP contribution < -0.4 is 5.32 Å². The topological polar surface area (TPSA) is 42.7 Å². The Morgan fingerprint density at radius 2 is 2.06 bits per heavy atom. The number of nitrogens with zero attached hydrogens (tertiary/aromatic N) is 3. The summed E-state index contributed by atoms with van der Waals surface area (Å²) in [6.07, 6.45) is 8.69. The van der Waals surface area contributed by atoms with Crippen molar-refractivity contribution >= 4 is 0 Å². The van der Waals surface area contributed by atoms with Gasteiger partial charge in [0, 0.05) is 18.5 Å². The lowest BCUT2D eigenvalue weighted by atomic mass is 9.93. The molecule has 1 saturated heterocycles. The summed E-state index contributed by atoms with van der Waals surface area (Å²) in [7, 11) is 0. The van der Waals surface area contributed by atoms with E-state index >= 15 is 0 Å². The van der Waals surface area contributed by atoms with Gasteiger partial charge >= 0.3 is 0 Å². The summed E-state index contributed by atoms with van der Waals surface area (Å²) in [6.45, 7) is 4.49. The van der Waals surface area contributed by atoms with Gasteiger partial charge in [0.25, 0.3) is 0 Å². The van der Waals surface area contributed by atoms with Crippen molar-refractivity contribution in [2.75, 3.05) is 13.1 Å². The molecule has 0 aromatic carbocycles. The third-order valence-corrected chi connectivity index (χ3v) is 4.42. The van der Waals surface area contributed by atoms with Crippen LogP contribution in [0.25, 0.3) is 0 Å². The van der Waals surface area contributed by atoms with Crippen molar-refractivity contribution in [3.63, 3.8) is 0 Å². The smallest absolute Gasteiger partial charge is 0.137 e. The third kappa shape index (κ3) is 2.10. The van der Waals surface area contributed by atoms with Gasteiger partial charge < -0.3 is 9.88 Å². The molecule has 2 heterocycles. The maximum Gasteiger partial charge on any atom is 0.137 e. The molecule has 0 amide bonds. The van der Waals surface area contributed by atoms with Crippen LogP contribution in [0.3, 0.4) is 0 Å². The van der Waals surface area contributed by atoms with Gasteiger partial charge in [-0.05, 0) is 25.3 Å². The summed E-state index contributed by atoms with van der Waals surface area (Å²) in [5, 5.41) is 12.0. The van der Waals surface area contributed by atoms with Gasteiger partial charge in [0.2, 0.25) is 0 Å². The Bertz CT molecular complexity index is 367. The summed E-state index contributed by atoms with van der Waals surface area (Å²) in [6, 6.07) is 0.654. The third-order valence-electron chi connectivity index (χ3n) is 4.42. The van der Waals surface area contributed by atoms with Crippen molar-refractivity contribution in [2.45, 2.75) is 51.0 Å². The van der Waals surface area contributed by atoms with E-state index < -0.39 is 0 Å². The van der Waals surface area contributed by atoms with E-state index in [1.165, 1.54) is 37.9 Å². The molecule has 4 heteroatoms. The van der Waals surface area contributed by atoms with Crippen molar-refractivity contribution in [3.05, 3.63) is 12.2 Å². The average molecular weight is 234 g/mol. The number of hydrogen-bond acceptors (Lipinski definition) is 3. The quantitative estimate of drug-likeness (QED) is 0.852. The molecule has 0 radical (unpaired) electrons. The van der Waals surface area contributed by atoms with Crippen LogP contribution in [-0.2, 0) is 0 Å². The van der Waals surface area contributed by atoms with Gasteiger partial charge in [-0.3, -0.25) is 0 Å². The maximum absolute atomic E-state index is 4.40. The molecule has 94 valence electrons. The largest absolute Gasteiger partial charge is 0.316 e. The first-order valence-electron chi connectivity index (χ1n) is 6.96. The van der Waals surface area contributed by atoms with Crippen LogP contribution in [0.4, 0.5) is 0 Å². The van der Waals surface area contributed by atoms with Gasteiger partial charge in [0.05, 0.1) is 0 Å². The second kappa shape index (κ2) is 4.77. The zero-order chi connectivity index (χ0) is 11.7. The lowest BCUT2D eigenvalue weighted by Gasteiger charge is -2.26. The average Bonchev–Trinajstić information content (AvgIpc) is 2.98. The second-order valence-electron chi connectivity index (χ2n) is 5.63. The van der Waals surface area contributed by atoms with E-state index in [4.69, 9.17) is 0 Å². The number of nitrogens with one attached hydrogen (secondary N) is 1. The highest BCUT2D eigenvalue weighted by Crippen LogP contribution is 2.33. The van der Waals surface area contributed by atoms with Crippen molar-refractivity contribution in [2.24, 2.45) is 5.92 Å². The fourth-order valence-electron chi connectivity index (χ4n) is 3.31. The van der Waals surface area contributed by atoms with Crippen LogP contribution in [-0.4, -0.2) is 27.9 Å². The molecule has 1 saturated carbocycles. The molecule has 0 spiro atoms. The molecular weight excluding hydrogens is 212 g/mol. The molecule has 17 heavy (non-hydrogen) atoms. The Morgan fingerprint density at radius 1 is 1.24 bits per heavy atom. The van der Waals surface area contributed by atoms with Gasteiger partial charge in [-0.1, -0.05) is 26.2 Å². The lowest BCUT2D eigenvalue weighted by molar-refractivity contribution is 0.336. The van der Waals surface area contributed by atoms with E-state index in [1.807, 2.05) is 6.33 Å². The molecule has 4 nitrogen and oxygen atoms in total. The van der Waals surface area contributed by atoms with Crippen molar-refractivity contribution < 1.29 is 0 Å². The summed E-state index contributed by atoms with van der Waals surface area (Å²) in [5.41, 5.74) is 0. The Kier molecular flexibility index (Phi) is 3.14. The molecule has 3 rings (SSSR count). The summed E-state index contributed by atoms with van der Waals surface area (Å²) in [4.78, 5) is 0. The molecule has 2 unspecified atom stereocenters. The molecule has 1 aliphatic heterocycles. The van der Waals surface area contributed by atoms with E-state index in [-0.39, 0.29) is 0 Å². The predicted octanol–water partition coefficient (Wildman–Crippen LogP) is 2.11. The van der Waals surface area contributed by atoms with Crippen LogP contribution in [0.1, 0.15) is 56.8 Å². The Hall–Kier alpha value is -0.900. The van der Waals surface area contributed by atoms with Gasteiger partial charge in [-0.25, -0.2) is 0 Å². The first kappa shape index (κ1) is 11.2. The lowest BCUT2D eigenvalue weighted by Crippen LogP contribution is -2.20. The molecule has 0 bridgehead atoms. The number of rotatable bonds is 2. The zero-order valence-corrected chi connectivity index (χ0v) is 10.6. The van der Waals surface area contributed by atoms with Gasteiger partial charge in [0.15, 0.2) is 0 Å². The minimum atomic E-state index is 0.555. The SMILES string of the molecule is CC1CNCC1c1nncn1C1CCCCC1. The molecule has 2 atom stereocenters. The minimum absolute atomic E-state index is 0.555. The molecule has 1 aromatic heterocycles. The van der Waals surface area contributed by atoms with Gasteiger partial charge in [-0.2, -0.15) is 0 Å². The normalized spacial score (nSPS) is 30.9. The first-order chi connectivity index (χ1) is 8.36. The molecule has 1 aliphatic carbocycles.